The van der Waals surface area contributed by atoms with Crippen LogP contribution < -0.4 is 5.73 Å². The molecule has 1 saturated carbocycles. The number of hydrogen-bond acceptors (Lipinski definition) is 2. The van der Waals surface area contributed by atoms with E-state index in [1.165, 1.54) is 12.8 Å². The molecule has 0 saturated heterocycles. The van der Waals surface area contributed by atoms with Gasteiger partial charge >= 0.3 is 0 Å². The van der Waals surface area contributed by atoms with Crippen LogP contribution in [0.2, 0.25) is 0 Å². The second-order valence-corrected chi connectivity index (χ2v) is 6.17. The van der Waals surface area contributed by atoms with Gasteiger partial charge in [0.2, 0.25) is 0 Å². The molecule has 0 aromatic carbocycles. The first-order valence-electron chi connectivity index (χ1n) is 5.22. The molecular formula is C10H21NOS. The predicted molar refractivity (Wildman–Crippen MR) is 58.1 cm³/mol. The highest BCUT2D eigenvalue weighted by Gasteiger charge is 2.23. The lowest BCUT2D eigenvalue weighted by Crippen LogP contribution is -2.30. The molecule has 1 aliphatic carbocycles. The number of nitrogens with two attached hydrogens (primary N) is 1. The molecule has 0 aliphatic heterocycles. The fraction of sp³-hybridized carbons (Fsp3) is 1.00. The highest BCUT2D eigenvalue weighted by Crippen LogP contribution is 2.26. The Morgan fingerprint density at radius 1 is 1.38 bits per heavy atom. The summed E-state index contributed by atoms with van der Waals surface area (Å²) >= 11 is 0. The third-order valence-electron chi connectivity index (χ3n) is 2.76. The lowest BCUT2D eigenvalue weighted by molar-refractivity contribution is 0.388. The van der Waals surface area contributed by atoms with Crippen molar-refractivity contribution in [1.29, 1.82) is 0 Å². The minimum absolute atomic E-state index is 0.0835. The van der Waals surface area contributed by atoms with E-state index in [0.29, 0.717) is 11.0 Å². The molecule has 0 heterocycles. The van der Waals surface area contributed by atoms with Crippen LogP contribution in [0, 0.1) is 5.92 Å². The van der Waals surface area contributed by atoms with Gasteiger partial charge in [-0.1, -0.05) is 6.92 Å². The second kappa shape index (κ2) is 5.11. The van der Waals surface area contributed by atoms with E-state index in [1.807, 2.05) is 6.92 Å². The maximum atomic E-state index is 11.7. The lowest BCUT2D eigenvalue weighted by Gasteiger charge is -2.25. The van der Waals surface area contributed by atoms with Crippen molar-refractivity contribution in [3.8, 4) is 0 Å². The van der Waals surface area contributed by atoms with E-state index in [1.54, 1.807) is 0 Å². The lowest BCUT2D eigenvalue weighted by atomic mass is 9.91. The monoisotopic (exact) mass is 203 g/mol. The van der Waals surface area contributed by atoms with Gasteiger partial charge in [0.1, 0.15) is 0 Å². The molecule has 0 aromatic heterocycles. The fourth-order valence-electron chi connectivity index (χ4n) is 1.89. The summed E-state index contributed by atoms with van der Waals surface area (Å²) in [5.74, 6) is 1.52. The van der Waals surface area contributed by atoms with Crippen LogP contribution in [-0.4, -0.2) is 21.3 Å². The van der Waals surface area contributed by atoms with Gasteiger partial charge in [-0.2, -0.15) is 0 Å². The van der Waals surface area contributed by atoms with Gasteiger partial charge in [0.15, 0.2) is 0 Å². The molecule has 0 bridgehead atoms. The molecule has 78 valence electrons. The maximum Gasteiger partial charge on any atom is 0.0386 e. The summed E-state index contributed by atoms with van der Waals surface area (Å²) in [6.45, 7) is 4.22. The molecule has 1 rings (SSSR count). The van der Waals surface area contributed by atoms with E-state index in [0.717, 1.165) is 18.8 Å². The molecule has 13 heavy (non-hydrogen) atoms. The zero-order valence-corrected chi connectivity index (χ0v) is 9.48. The quantitative estimate of drug-likeness (QED) is 0.758. The highest BCUT2D eigenvalue weighted by molar-refractivity contribution is 7.85. The third-order valence-corrected chi connectivity index (χ3v) is 4.83. The molecule has 3 heteroatoms. The van der Waals surface area contributed by atoms with Crippen molar-refractivity contribution in [2.45, 2.75) is 50.8 Å². The number of rotatable bonds is 3. The average Bonchev–Trinajstić information content (AvgIpc) is 2.04. The van der Waals surface area contributed by atoms with Crippen LogP contribution >= 0.6 is 0 Å². The highest BCUT2D eigenvalue weighted by atomic mass is 32.2. The van der Waals surface area contributed by atoms with E-state index in [9.17, 15) is 4.21 Å². The summed E-state index contributed by atoms with van der Waals surface area (Å²) in [6.07, 6.45) is 4.77. The van der Waals surface area contributed by atoms with Gasteiger partial charge in [-0.05, 0) is 38.5 Å². The van der Waals surface area contributed by atoms with E-state index in [2.05, 4.69) is 6.92 Å². The molecule has 2 atom stereocenters. The molecule has 2 unspecified atom stereocenters. The summed E-state index contributed by atoms with van der Waals surface area (Å²) in [5, 5.41) is 0.433. The number of hydrogen-bond donors (Lipinski definition) is 1. The van der Waals surface area contributed by atoms with Crippen LogP contribution in [-0.2, 0) is 10.8 Å². The Hall–Kier alpha value is 0.110. The average molecular weight is 203 g/mol. The molecule has 1 fully saturated rings. The summed E-state index contributed by atoms with van der Waals surface area (Å²) < 4.78 is 11.7. The summed E-state index contributed by atoms with van der Waals surface area (Å²) in [7, 11) is -0.677. The molecule has 0 aromatic rings. The van der Waals surface area contributed by atoms with Gasteiger partial charge in [-0.15, -0.1) is 0 Å². The van der Waals surface area contributed by atoms with E-state index >= 15 is 0 Å². The molecule has 0 radical (unpaired) electrons. The van der Waals surface area contributed by atoms with Gasteiger partial charge in [0.05, 0.1) is 0 Å². The first-order chi connectivity index (χ1) is 6.09. The van der Waals surface area contributed by atoms with Crippen molar-refractivity contribution in [2.75, 3.05) is 5.75 Å². The maximum absolute atomic E-state index is 11.7. The molecular weight excluding hydrogens is 182 g/mol. The summed E-state index contributed by atoms with van der Waals surface area (Å²) in [5.41, 5.74) is 5.63. The fourth-order valence-corrected chi connectivity index (χ4v) is 3.48. The topological polar surface area (TPSA) is 43.1 Å². The van der Waals surface area contributed by atoms with Crippen LogP contribution in [0.5, 0.6) is 0 Å². The van der Waals surface area contributed by atoms with Gasteiger partial charge in [-0.25, -0.2) is 0 Å². The Morgan fingerprint density at radius 3 is 2.38 bits per heavy atom. The van der Waals surface area contributed by atoms with Crippen LogP contribution in [0.15, 0.2) is 0 Å². The van der Waals surface area contributed by atoms with Crippen molar-refractivity contribution in [3.63, 3.8) is 0 Å². The van der Waals surface area contributed by atoms with E-state index in [4.69, 9.17) is 5.73 Å². The molecule has 0 amide bonds. The van der Waals surface area contributed by atoms with Gasteiger partial charge in [0, 0.05) is 27.8 Å². The molecule has 0 spiro atoms. The first kappa shape index (κ1) is 11.2. The Balaban J connectivity index is 2.31. The van der Waals surface area contributed by atoms with Crippen molar-refractivity contribution in [3.05, 3.63) is 0 Å². The Labute approximate surface area is 83.7 Å². The second-order valence-electron chi connectivity index (χ2n) is 4.41. The van der Waals surface area contributed by atoms with Crippen molar-refractivity contribution in [2.24, 2.45) is 11.7 Å². The SMILES string of the molecule is CC(N)CS(=O)C1CCC(C)CC1. The standard InChI is InChI=1S/C10H21NOS/c1-8-3-5-10(6-4-8)13(12)7-9(2)11/h8-10H,3-7,11H2,1-2H3. The summed E-state index contributed by atoms with van der Waals surface area (Å²) in [4.78, 5) is 0. The van der Waals surface area contributed by atoms with Crippen LogP contribution in [0.25, 0.3) is 0 Å². The van der Waals surface area contributed by atoms with Gasteiger partial charge in [0.25, 0.3) is 0 Å². The Bertz CT molecular complexity index is 174. The smallest absolute Gasteiger partial charge is 0.0386 e. The molecule has 1 aliphatic rings. The van der Waals surface area contributed by atoms with Gasteiger partial charge < -0.3 is 5.73 Å². The van der Waals surface area contributed by atoms with Crippen molar-refractivity contribution >= 4 is 10.8 Å². The van der Waals surface area contributed by atoms with Crippen LogP contribution in [0.1, 0.15) is 39.5 Å². The zero-order chi connectivity index (χ0) is 9.84. The van der Waals surface area contributed by atoms with E-state index in [-0.39, 0.29) is 6.04 Å². The summed E-state index contributed by atoms with van der Waals surface area (Å²) in [6, 6.07) is 0.0835. The minimum atomic E-state index is -0.677. The normalized spacial score (nSPS) is 34.1. The zero-order valence-electron chi connectivity index (χ0n) is 8.66. The minimum Gasteiger partial charge on any atom is -0.327 e. The van der Waals surface area contributed by atoms with Crippen molar-refractivity contribution in [1.82, 2.24) is 0 Å². The van der Waals surface area contributed by atoms with Crippen LogP contribution in [0.4, 0.5) is 0 Å². The Morgan fingerprint density at radius 2 is 1.92 bits per heavy atom. The third kappa shape index (κ3) is 3.77. The first-order valence-corrected chi connectivity index (χ1v) is 6.60. The van der Waals surface area contributed by atoms with Crippen molar-refractivity contribution < 1.29 is 4.21 Å². The largest absolute Gasteiger partial charge is 0.327 e. The van der Waals surface area contributed by atoms with E-state index < -0.39 is 10.8 Å². The van der Waals surface area contributed by atoms with Crippen LogP contribution in [0.3, 0.4) is 0 Å². The molecule has 2 nitrogen and oxygen atoms in total. The Kier molecular flexibility index (Phi) is 4.39. The molecule has 2 N–H and O–H groups in total. The predicted octanol–water partition coefficient (Wildman–Crippen LogP) is 1.66. The van der Waals surface area contributed by atoms with Gasteiger partial charge in [-0.3, -0.25) is 4.21 Å².